The Morgan fingerprint density at radius 3 is 0.739 bits per heavy atom. The molecule has 26 aromatic rings. The second-order valence-corrected chi connectivity index (χ2v) is 34.4. The number of hydrogen-bond acceptors (Lipinski definition) is 3. The molecule has 0 saturated carbocycles. The first-order chi connectivity index (χ1) is 66.4. The smallest absolute Gasteiger partial charge is 0.145 e. The van der Waals surface area contributed by atoms with Crippen molar-refractivity contribution in [3.8, 4) is 129 Å². The van der Waals surface area contributed by atoms with Gasteiger partial charge in [-0.05, 0) is 245 Å². The molecule has 0 atom stereocenters. The van der Waals surface area contributed by atoms with E-state index >= 15 is 0 Å². The van der Waals surface area contributed by atoms with E-state index in [1.54, 1.807) is 0 Å². The standard InChI is InChI=1S/C45H30N2.C43H28N2.C40H28N2/c1-4-14-31(15-5-1)35-26-29-39-40(30-35)44(38-21-11-10-20-37(38)43(39)32-16-6-2-7-17-32)33-24-27-36(28-25-33)47-42-23-13-12-22-41(42)46-45(47)34-18-8-3-9-19-34;1-2-13-31(14-3-1)43-44-39-20-10-11-21-40(39)45(43)34-26-24-30(25-27-34)41-35-16-6-8-18-37(35)42(38-19-9-7-17-36(38)41)33-23-22-29-12-4-5-15-32(29)28-33;1-27-20-25-34-35(26-27)39(33-17-9-8-16-32(33)38(34)28-12-4-2-5-13-28)29-21-23-31(24-22-29)42-37-19-11-10-18-36(37)41-40(42)30-14-6-3-7-15-30/h1-30H;1-28H;2-26H,1H3. The molecular formula is C128H86N6. The van der Waals surface area contributed by atoms with Gasteiger partial charge in [-0.1, -0.05) is 424 Å². The van der Waals surface area contributed by atoms with E-state index in [-0.39, 0.29) is 0 Å². The quantitative estimate of drug-likeness (QED) is 0.108. The van der Waals surface area contributed by atoms with Crippen molar-refractivity contribution in [1.82, 2.24) is 28.7 Å². The zero-order valence-electron chi connectivity index (χ0n) is 73.6. The van der Waals surface area contributed by atoms with Crippen molar-refractivity contribution in [3.05, 3.63) is 509 Å². The molecule has 0 spiro atoms. The van der Waals surface area contributed by atoms with Crippen LogP contribution < -0.4 is 0 Å². The molecule has 3 heterocycles. The van der Waals surface area contributed by atoms with Crippen molar-refractivity contribution in [2.45, 2.75) is 6.92 Å². The predicted molar refractivity (Wildman–Crippen MR) is 565 cm³/mol. The summed E-state index contributed by atoms with van der Waals surface area (Å²) in [7, 11) is 0. The van der Waals surface area contributed by atoms with Crippen molar-refractivity contribution < 1.29 is 0 Å². The number of nitrogens with zero attached hydrogens (tertiary/aromatic N) is 6. The number of aryl methyl sites for hydroxylation is 1. The van der Waals surface area contributed by atoms with Gasteiger partial charge in [-0.3, -0.25) is 13.7 Å². The molecule has 0 amide bonds. The summed E-state index contributed by atoms with van der Waals surface area (Å²) in [6, 6.07) is 180. The molecule has 134 heavy (non-hydrogen) atoms. The number of fused-ring (bicyclic) bond motifs is 10. The zero-order chi connectivity index (χ0) is 88.9. The van der Waals surface area contributed by atoms with E-state index in [9.17, 15) is 0 Å². The average molecular weight is 1710 g/mol. The van der Waals surface area contributed by atoms with Crippen molar-refractivity contribution >= 4 is 109 Å². The minimum atomic E-state index is 0.940. The maximum absolute atomic E-state index is 5.06. The summed E-state index contributed by atoms with van der Waals surface area (Å²) >= 11 is 0. The van der Waals surface area contributed by atoms with Crippen molar-refractivity contribution in [2.24, 2.45) is 0 Å². The van der Waals surface area contributed by atoms with E-state index in [1.165, 1.54) is 159 Å². The van der Waals surface area contributed by atoms with E-state index in [2.05, 4.69) is 506 Å². The molecule has 628 valence electrons. The predicted octanol–water partition coefficient (Wildman–Crippen LogP) is 34.1. The van der Waals surface area contributed by atoms with Crippen LogP contribution in [0.25, 0.3) is 238 Å². The number of benzene rings is 23. The third kappa shape index (κ3) is 14.4. The van der Waals surface area contributed by atoms with Gasteiger partial charge in [0, 0.05) is 33.8 Å². The maximum atomic E-state index is 5.06. The Hall–Kier alpha value is -17.7. The minimum absolute atomic E-state index is 0.940. The monoisotopic (exact) mass is 1710 g/mol. The van der Waals surface area contributed by atoms with Gasteiger partial charge in [0.15, 0.2) is 0 Å². The molecule has 6 nitrogen and oxygen atoms in total. The van der Waals surface area contributed by atoms with Gasteiger partial charge in [0.25, 0.3) is 0 Å². The van der Waals surface area contributed by atoms with Crippen LogP contribution in [0.4, 0.5) is 0 Å². The first-order valence-electron chi connectivity index (χ1n) is 45.9. The number of imidazole rings is 3. The molecule has 23 aromatic carbocycles. The van der Waals surface area contributed by atoms with Crippen LogP contribution in [-0.2, 0) is 0 Å². The van der Waals surface area contributed by atoms with E-state index in [4.69, 9.17) is 15.0 Å². The first-order valence-corrected chi connectivity index (χ1v) is 45.9. The second-order valence-electron chi connectivity index (χ2n) is 34.4. The van der Waals surface area contributed by atoms with Gasteiger partial charge in [0.2, 0.25) is 0 Å². The average Bonchev–Trinajstić information content (AvgIpc) is 1.16. The van der Waals surface area contributed by atoms with Gasteiger partial charge in [0.1, 0.15) is 17.5 Å². The molecular weight excluding hydrogens is 1620 g/mol. The van der Waals surface area contributed by atoms with Gasteiger partial charge < -0.3 is 0 Å². The SMILES string of the molecule is Cc1ccc2c(-c3ccccc3)c3ccccc3c(-c3ccc(-n4c(-c5ccccc5)nc5ccccc54)cc3)c2c1.c1ccc(-c2ccc3c(-c4ccccc4)c4ccccc4c(-c4ccc(-n5c(-c6ccccc6)nc6ccccc65)cc4)c3c2)cc1.c1ccc(-c2nc3ccccc3n2-c2ccc(-c3c4ccccc4c(-c4ccc5ccccc5c4)c4ccccc34)cc2)cc1. The molecule has 26 rings (SSSR count). The van der Waals surface area contributed by atoms with Crippen molar-refractivity contribution in [3.63, 3.8) is 0 Å². The van der Waals surface area contributed by atoms with Crippen LogP contribution in [0, 0.1) is 6.92 Å². The van der Waals surface area contributed by atoms with Crippen molar-refractivity contribution in [2.75, 3.05) is 0 Å². The van der Waals surface area contributed by atoms with E-state index in [0.717, 1.165) is 84.3 Å². The molecule has 0 unspecified atom stereocenters. The van der Waals surface area contributed by atoms with Crippen LogP contribution in [-0.4, -0.2) is 28.7 Å². The van der Waals surface area contributed by atoms with E-state index in [0.29, 0.717) is 0 Å². The number of rotatable bonds is 13. The van der Waals surface area contributed by atoms with Crippen molar-refractivity contribution in [1.29, 1.82) is 0 Å². The Balaban J connectivity index is 0.000000111. The zero-order valence-corrected chi connectivity index (χ0v) is 73.6. The molecule has 3 aromatic heterocycles. The fraction of sp³-hybridized carbons (Fsp3) is 0.00781. The molecule has 0 radical (unpaired) electrons. The highest BCUT2D eigenvalue weighted by Crippen LogP contribution is 2.50. The lowest BCUT2D eigenvalue weighted by molar-refractivity contribution is 1.10. The Labute approximate surface area is 776 Å². The Bertz CT molecular complexity index is 8880. The van der Waals surface area contributed by atoms with E-state index < -0.39 is 0 Å². The molecule has 0 bridgehead atoms. The summed E-state index contributed by atoms with van der Waals surface area (Å²) in [6.45, 7) is 2.18. The molecule has 0 saturated heterocycles. The van der Waals surface area contributed by atoms with E-state index in [1.807, 2.05) is 18.2 Å². The first kappa shape index (κ1) is 79.7. The highest BCUT2D eigenvalue weighted by atomic mass is 15.1. The van der Waals surface area contributed by atoms with Crippen LogP contribution in [0.5, 0.6) is 0 Å². The lowest BCUT2D eigenvalue weighted by Gasteiger charge is -2.19. The third-order valence-corrected chi connectivity index (χ3v) is 26.4. The molecule has 0 aliphatic rings. The Kier molecular flexibility index (Phi) is 20.4. The summed E-state index contributed by atoms with van der Waals surface area (Å²) in [5.41, 5.74) is 31.4. The summed E-state index contributed by atoms with van der Waals surface area (Å²) < 4.78 is 6.82. The molecule has 0 aliphatic heterocycles. The third-order valence-electron chi connectivity index (χ3n) is 26.4. The van der Waals surface area contributed by atoms with Gasteiger partial charge in [0.05, 0.1) is 33.1 Å². The van der Waals surface area contributed by atoms with Gasteiger partial charge in [-0.25, -0.2) is 15.0 Å². The number of aromatic nitrogens is 6. The lowest BCUT2D eigenvalue weighted by atomic mass is 9.85. The van der Waals surface area contributed by atoms with Gasteiger partial charge in [-0.2, -0.15) is 0 Å². The van der Waals surface area contributed by atoms with Crippen LogP contribution in [0.3, 0.4) is 0 Å². The Morgan fingerprint density at radius 2 is 0.388 bits per heavy atom. The largest absolute Gasteiger partial charge is 0.292 e. The van der Waals surface area contributed by atoms with Crippen LogP contribution in [0.15, 0.2) is 504 Å². The highest BCUT2D eigenvalue weighted by molar-refractivity contribution is 6.25. The summed E-state index contributed by atoms with van der Waals surface area (Å²) in [5.74, 6) is 2.83. The van der Waals surface area contributed by atoms with Crippen LogP contribution in [0.1, 0.15) is 5.56 Å². The van der Waals surface area contributed by atoms with Crippen LogP contribution >= 0.6 is 0 Å². The summed E-state index contributed by atoms with van der Waals surface area (Å²) in [5, 5.41) is 17.6. The molecule has 0 aliphatic carbocycles. The molecule has 0 fully saturated rings. The minimum Gasteiger partial charge on any atom is -0.292 e. The van der Waals surface area contributed by atoms with Crippen LogP contribution in [0.2, 0.25) is 0 Å². The normalized spacial score (nSPS) is 11.5. The van der Waals surface area contributed by atoms with Gasteiger partial charge in [-0.15, -0.1) is 0 Å². The number of para-hydroxylation sites is 6. The fourth-order valence-electron chi connectivity index (χ4n) is 20.4. The fourth-order valence-corrected chi connectivity index (χ4v) is 20.4. The molecule has 6 heteroatoms. The summed E-state index contributed by atoms with van der Waals surface area (Å²) in [4.78, 5) is 15.1. The highest BCUT2D eigenvalue weighted by Gasteiger charge is 2.25. The Morgan fingerprint density at radius 1 is 0.149 bits per heavy atom. The number of hydrogen-bond donors (Lipinski definition) is 0. The lowest BCUT2D eigenvalue weighted by Crippen LogP contribution is -1.98. The van der Waals surface area contributed by atoms with Gasteiger partial charge >= 0.3 is 0 Å². The maximum Gasteiger partial charge on any atom is 0.145 e. The second kappa shape index (κ2) is 34.4. The topological polar surface area (TPSA) is 53.5 Å². The summed E-state index contributed by atoms with van der Waals surface area (Å²) in [6.07, 6.45) is 0. The molecule has 0 N–H and O–H groups in total.